The summed E-state index contributed by atoms with van der Waals surface area (Å²) in [6.07, 6.45) is -5.35. The number of fused-ring (bicyclic) bond motifs is 2. The van der Waals surface area contributed by atoms with E-state index in [2.05, 4.69) is 15.3 Å². The topological polar surface area (TPSA) is 137 Å². The quantitative estimate of drug-likeness (QED) is 0.273. The van der Waals surface area contributed by atoms with Gasteiger partial charge < -0.3 is 25.6 Å². The average Bonchev–Trinajstić information content (AvgIpc) is 3.32. The van der Waals surface area contributed by atoms with Crippen LogP contribution >= 0.6 is 0 Å². The number of nitrogens with one attached hydrogen (secondary N) is 1. The zero-order valence-electron chi connectivity index (χ0n) is 23.2. The van der Waals surface area contributed by atoms with Gasteiger partial charge in [-0.1, -0.05) is 6.07 Å². The molecule has 1 aliphatic rings. The fourth-order valence-electron chi connectivity index (χ4n) is 4.84. The number of carbonyl (C=O) groups is 2. The highest BCUT2D eigenvalue weighted by molar-refractivity contribution is 6.00. The number of primary amides is 1. The molecular weight excluding hydrogens is 572 g/mol. The van der Waals surface area contributed by atoms with Gasteiger partial charge in [-0.05, 0) is 62.4 Å². The number of carbonyl (C=O) groups excluding carboxylic acids is 2. The zero-order valence-corrected chi connectivity index (χ0v) is 23.2. The molecule has 1 unspecified atom stereocenters. The Labute approximate surface area is 242 Å². The van der Waals surface area contributed by atoms with Gasteiger partial charge in [0, 0.05) is 27.8 Å². The molecule has 2 atom stereocenters. The number of pyridine rings is 2. The molecule has 2 aromatic carbocycles. The molecule has 5 rings (SSSR count). The number of nitrogens with zero attached hydrogens (tertiary/aromatic N) is 2. The number of hydrogen-bond acceptors (Lipinski definition) is 7. The van der Waals surface area contributed by atoms with Crippen LogP contribution in [0.15, 0.2) is 54.6 Å². The lowest BCUT2D eigenvalue weighted by atomic mass is 9.81. The first-order chi connectivity index (χ1) is 20.2. The van der Waals surface area contributed by atoms with E-state index >= 15 is 0 Å². The highest BCUT2D eigenvalue weighted by Crippen LogP contribution is 2.47. The highest BCUT2D eigenvalue weighted by atomic mass is 19.4. The summed E-state index contributed by atoms with van der Waals surface area (Å²) in [6.45, 7) is 1.52. The number of alkyl halides is 3. The van der Waals surface area contributed by atoms with E-state index in [1.165, 1.54) is 38.3 Å². The molecule has 4 aromatic rings. The fraction of sp³-hybridized carbons (Fsp3) is 0.267. The lowest BCUT2D eigenvalue weighted by Gasteiger charge is -2.31. The van der Waals surface area contributed by atoms with E-state index in [9.17, 15) is 32.3 Å². The predicted molar refractivity (Wildman–Crippen MR) is 147 cm³/mol. The van der Waals surface area contributed by atoms with Crippen LogP contribution in [-0.2, 0) is 15.8 Å². The Morgan fingerprint density at radius 1 is 1.12 bits per heavy atom. The lowest BCUT2D eigenvalue weighted by Crippen LogP contribution is -2.51. The number of aliphatic hydroxyl groups is 1. The SMILES string of the molecule is COc1cc(C(=O)NCC(O)(c2cc3c(c(-c4ccc(F)cc4)n2)OC[C@]3(C)C(N)=O)C(F)(F)F)cc2ccc(C)nc12. The number of nitrogens with two attached hydrogens (primary N) is 1. The second kappa shape index (κ2) is 10.5. The summed E-state index contributed by atoms with van der Waals surface area (Å²) in [5, 5.41) is 13.9. The van der Waals surface area contributed by atoms with Crippen LogP contribution in [0.2, 0.25) is 0 Å². The molecule has 224 valence electrons. The molecule has 0 saturated carbocycles. The van der Waals surface area contributed by atoms with Crippen LogP contribution in [0.25, 0.3) is 22.2 Å². The number of ether oxygens (including phenoxy) is 2. The van der Waals surface area contributed by atoms with Gasteiger partial charge in [-0.15, -0.1) is 0 Å². The molecule has 0 spiro atoms. The van der Waals surface area contributed by atoms with Crippen molar-refractivity contribution in [1.82, 2.24) is 15.3 Å². The van der Waals surface area contributed by atoms with Crippen molar-refractivity contribution < 1.29 is 41.7 Å². The molecule has 9 nitrogen and oxygen atoms in total. The first-order valence-electron chi connectivity index (χ1n) is 13.0. The summed E-state index contributed by atoms with van der Waals surface area (Å²) in [5.41, 5.74) is 0.433. The Kier molecular flexibility index (Phi) is 7.25. The molecule has 13 heteroatoms. The van der Waals surface area contributed by atoms with E-state index in [0.29, 0.717) is 16.6 Å². The van der Waals surface area contributed by atoms with Gasteiger partial charge in [0.15, 0.2) is 0 Å². The van der Waals surface area contributed by atoms with Crippen LogP contribution in [0.1, 0.15) is 34.2 Å². The van der Waals surface area contributed by atoms with Gasteiger partial charge in [0.05, 0.1) is 19.3 Å². The maximum Gasteiger partial charge on any atom is 0.424 e. The summed E-state index contributed by atoms with van der Waals surface area (Å²) in [4.78, 5) is 34.0. The van der Waals surface area contributed by atoms with Crippen molar-refractivity contribution >= 4 is 22.7 Å². The minimum atomic E-state index is -5.35. The Bertz CT molecular complexity index is 1760. The number of halogens is 4. The van der Waals surface area contributed by atoms with Crippen LogP contribution < -0.4 is 20.5 Å². The molecule has 2 amide bonds. The predicted octanol–water partition coefficient (Wildman–Crippen LogP) is 4.07. The third kappa shape index (κ3) is 5.09. The van der Waals surface area contributed by atoms with Crippen molar-refractivity contribution in [3.63, 3.8) is 0 Å². The van der Waals surface area contributed by atoms with E-state index < -0.39 is 47.1 Å². The highest BCUT2D eigenvalue weighted by Gasteiger charge is 2.57. The zero-order chi connectivity index (χ0) is 31.3. The molecule has 4 N–H and O–H groups in total. The first-order valence-corrected chi connectivity index (χ1v) is 13.0. The van der Waals surface area contributed by atoms with Crippen LogP contribution in [0, 0.1) is 12.7 Å². The number of aromatic nitrogens is 2. The summed E-state index contributed by atoms with van der Waals surface area (Å²) in [6, 6.07) is 11.7. The minimum absolute atomic E-state index is 0.0303. The normalized spacial score (nSPS) is 17.6. The van der Waals surface area contributed by atoms with Crippen molar-refractivity contribution in [2.45, 2.75) is 31.0 Å². The number of hydrogen-bond donors (Lipinski definition) is 3. The van der Waals surface area contributed by atoms with Crippen molar-refractivity contribution in [1.29, 1.82) is 0 Å². The summed E-state index contributed by atoms with van der Waals surface area (Å²) in [7, 11) is 1.37. The van der Waals surface area contributed by atoms with Gasteiger partial charge in [0.2, 0.25) is 11.5 Å². The third-order valence-corrected chi connectivity index (χ3v) is 7.51. The van der Waals surface area contributed by atoms with Crippen LogP contribution in [0.3, 0.4) is 0 Å². The summed E-state index contributed by atoms with van der Waals surface area (Å²) < 4.78 is 68.6. The summed E-state index contributed by atoms with van der Waals surface area (Å²) in [5.74, 6) is -2.23. The standard InChI is InChI=1S/C30H26F4N4O5/c1-15-4-5-17-10-18(11-21(42-3)23(17)37-15)26(39)36-13-29(41,30(32,33)34)22-12-20-25(43-14-28(20,2)27(35)40)24(38-22)16-6-8-19(31)9-7-16/h4-12,41H,13-14H2,1-3H3,(H2,35,40)(H,36,39)/t28-,29?/m0/s1. The van der Waals surface area contributed by atoms with Crippen LogP contribution in [-0.4, -0.2) is 53.3 Å². The van der Waals surface area contributed by atoms with Gasteiger partial charge in [-0.3, -0.25) is 9.59 Å². The van der Waals surface area contributed by atoms with Gasteiger partial charge in [-0.2, -0.15) is 13.2 Å². The Morgan fingerprint density at radius 3 is 2.44 bits per heavy atom. The molecule has 0 fully saturated rings. The van der Waals surface area contributed by atoms with Crippen LogP contribution in [0.5, 0.6) is 11.5 Å². The van der Waals surface area contributed by atoms with E-state index in [1.807, 2.05) is 0 Å². The molecule has 1 aliphatic heterocycles. The number of amides is 2. The van der Waals surface area contributed by atoms with E-state index in [-0.39, 0.29) is 40.5 Å². The van der Waals surface area contributed by atoms with Crippen molar-refractivity contribution in [3.05, 3.63) is 82.9 Å². The van der Waals surface area contributed by atoms with E-state index in [1.54, 1.807) is 19.1 Å². The second-order valence-corrected chi connectivity index (χ2v) is 10.5. The van der Waals surface area contributed by atoms with Crippen molar-refractivity contribution in [3.8, 4) is 22.8 Å². The Balaban J connectivity index is 1.58. The third-order valence-electron chi connectivity index (χ3n) is 7.51. The van der Waals surface area contributed by atoms with Crippen molar-refractivity contribution in [2.24, 2.45) is 5.73 Å². The molecule has 2 aromatic heterocycles. The molecule has 0 radical (unpaired) electrons. The molecular formula is C30H26F4N4O5. The average molecular weight is 599 g/mol. The first kappa shape index (κ1) is 29.7. The smallest absolute Gasteiger partial charge is 0.424 e. The maximum atomic E-state index is 14.7. The van der Waals surface area contributed by atoms with Crippen LogP contribution in [0.4, 0.5) is 17.6 Å². The number of rotatable bonds is 7. The Morgan fingerprint density at radius 2 is 1.81 bits per heavy atom. The molecule has 0 aliphatic carbocycles. The molecule has 0 bridgehead atoms. The van der Waals surface area contributed by atoms with Crippen molar-refractivity contribution in [2.75, 3.05) is 20.3 Å². The second-order valence-electron chi connectivity index (χ2n) is 10.5. The van der Waals surface area contributed by atoms with Gasteiger partial charge >= 0.3 is 6.18 Å². The van der Waals surface area contributed by atoms with Gasteiger partial charge in [-0.25, -0.2) is 14.4 Å². The largest absolute Gasteiger partial charge is 0.494 e. The summed E-state index contributed by atoms with van der Waals surface area (Å²) >= 11 is 0. The minimum Gasteiger partial charge on any atom is -0.494 e. The van der Waals surface area contributed by atoms with Gasteiger partial charge in [0.1, 0.15) is 40.5 Å². The van der Waals surface area contributed by atoms with E-state index in [0.717, 1.165) is 18.2 Å². The maximum absolute atomic E-state index is 14.7. The molecule has 43 heavy (non-hydrogen) atoms. The number of benzene rings is 2. The molecule has 3 heterocycles. The van der Waals surface area contributed by atoms with Gasteiger partial charge in [0.25, 0.3) is 5.91 Å². The van der Waals surface area contributed by atoms with E-state index in [4.69, 9.17) is 15.2 Å². The number of methoxy groups -OCH3 is 1. The monoisotopic (exact) mass is 598 g/mol. The fourth-order valence-corrected chi connectivity index (χ4v) is 4.84. The lowest BCUT2D eigenvalue weighted by molar-refractivity contribution is -0.265. The molecule has 0 saturated heterocycles. The number of aryl methyl sites for hydroxylation is 1. The Hall–Kier alpha value is -4.78.